The first-order chi connectivity index (χ1) is 6.45. The molecule has 2 aromatic carbocycles. The average molecular weight is 401 g/mol. The van der Waals surface area contributed by atoms with Gasteiger partial charge >= 0.3 is 25.8 Å². The number of halogens is 3. The van der Waals surface area contributed by atoms with Gasteiger partial charge in [0.15, 0.2) is 0 Å². The summed E-state index contributed by atoms with van der Waals surface area (Å²) < 4.78 is 0. The number of benzene rings is 2. The van der Waals surface area contributed by atoms with Gasteiger partial charge in [-0.3, -0.25) is 0 Å². The first-order valence-corrected chi connectivity index (χ1v) is 4.53. The summed E-state index contributed by atoms with van der Waals surface area (Å²) in [4.78, 5) is 0. The van der Waals surface area contributed by atoms with Crippen LogP contribution in [0.2, 0.25) is 0 Å². The molecule has 0 nitrogen and oxygen atoms in total. The van der Waals surface area contributed by atoms with E-state index in [1.54, 1.807) is 0 Å². The Morgan fingerprint density at radius 2 is 1.47 bits per heavy atom. The zero-order chi connectivity index (χ0) is 8.67. The second kappa shape index (κ2) is 7.43. The predicted molar refractivity (Wildman–Crippen MR) is 53.5 cm³/mol. The van der Waals surface area contributed by atoms with Gasteiger partial charge in [-0.25, -0.2) is 0 Å². The van der Waals surface area contributed by atoms with Crippen molar-refractivity contribution in [1.82, 2.24) is 0 Å². The summed E-state index contributed by atoms with van der Waals surface area (Å²) in [5.41, 5.74) is 5.51. The van der Waals surface area contributed by atoms with Crippen LogP contribution in [-0.4, -0.2) is 0 Å². The van der Waals surface area contributed by atoms with Crippen molar-refractivity contribution in [2.45, 2.75) is 6.42 Å². The van der Waals surface area contributed by atoms with Crippen molar-refractivity contribution in [2.75, 3.05) is 0 Å². The van der Waals surface area contributed by atoms with Crippen molar-refractivity contribution in [2.24, 2.45) is 0 Å². The summed E-state index contributed by atoms with van der Waals surface area (Å²) in [5.74, 6) is 0. The molecule has 0 amide bonds. The number of hydrogen-bond acceptors (Lipinski definition) is 0. The molecule has 17 heavy (non-hydrogen) atoms. The first-order valence-electron chi connectivity index (χ1n) is 4.53. The standard InChI is InChI=1S/C13H9.3FH.Hf/c1-3-7-12-10(5-1)9-11-6-2-4-8-13(11)12;;;;/h1-5,7-8H,9H2;3*1H;/q-1;;;;+4/p-3. The minimum absolute atomic E-state index is 0. The molecule has 0 saturated carbocycles. The van der Waals surface area contributed by atoms with Crippen LogP contribution in [0.1, 0.15) is 11.1 Å². The third kappa shape index (κ3) is 3.06. The zero-order valence-corrected chi connectivity index (χ0v) is 12.5. The molecule has 86 valence electrons. The summed E-state index contributed by atoms with van der Waals surface area (Å²) in [7, 11) is 0. The van der Waals surface area contributed by atoms with E-state index in [0.29, 0.717) is 0 Å². The molecule has 0 atom stereocenters. The van der Waals surface area contributed by atoms with E-state index < -0.39 is 0 Å². The Bertz CT molecular complexity index is 428. The van der Waals surface area contributed by atoms with E-state index in [2.05, 4.69) is 42.5 Å². The van der Waals surface area contributed by atoms with Crippen LogP contribution in [0, 0.1) is 6.07 Å². The summed E-state index contributed by atoms with van der Waals surface area (Å²) in [5, 5.41) is 0. The predicted octanol–water partition coefficient (Wildman–Crippen LogP) is -5.93. The minimum atomic E-state index is 0. The second-order valence-corrected chi connectivity index (χ2v) is 3.40. The number of fused-ring (bicyclic) bond motifs is 3. The third-order valence-electron chi connectivity index (χ3n) is 2.62. The molecular weight excluding hydrogens is 392 g/mol. The number of hydrogen-bond donors (Lipinski definition) is 0. The van der Waals surface area contributed by atoms with Crippen LogP contribution in [0.25, 0.3) is 11.1 Å². The minimum Gasteiger partial charge on any atom is -1.00 e. The average Bonchev–Trinajstić information content (AvgIpc) is 2.56. The molecular formula is C13H9F3Hf. The molecule has 2 aromatic rings. The summed E-state index contributed by atoms with van der Waals surface area (Å²) in [6, 6.07) is 18.1. The topological polar surface area (TPSA) is 0 Å². The van der Waals surface area contributed by atoms with Gasteiger partial charge in [-0.2, -0.15) is 29.8 Å². The number of rotatable bonds is 0. The molecule has 1 aliphatic carbocycles. The Balaban J connectivity index is 0. The maximum Gasteiger partial charge on any atom is 4.00 e. The normalized spacial score (nSPS) is 9.41. The van der Waals surface area contributed by atoms with E-state index in [1.165, 1.54) is 22.3 Å². The van der Waals surface area contributed by atoms with E-state index in [0.717, 1.165) is 6.42 Å². The van der Waals surface area contributed by atoms with E-state index in [-0.39, 0.29) is 40.0 Å². The van der Waals surface area contributed by atoms with Crippen molar-refractivity contribution >= 4 is 0 Å². The van der Waals surface area contributed by atoms with Crippen LogP contribution < -0.4 is 14.1 Å². The van der Waals surface area contributed by atoms with Crippen LogP contribution in [0.5, 0.6) is 0 Å². The molecule has 0 fully saturated rings. The van der Waals surface area contributed by atoms with Gasteiger partial charge in [-0.05, 0) is 6.42 Å². The molecule has 4 heteroatoms. The molecule has 0 aromatic heterocycles. The van der Waals surface area contributed by atoms with Crippen LogP contribution in [0.15, 0.2) is 42.5 Å². The Kier molecular flexibility index (Phi) is 8.07. The van der Waals surface area contributed by atoms with Crippen molar-refractivity contribution in [3.05, 3.63) is 59.7 Å². The Morgan fingerprint density at radius 1 is 0.824 bits per heavy atom. The molecule has 0 bridgehead atoms. The third-order valence-corrected chi connectivity index (χ3v) is 2.62. The van der Waals surface area contributed by atoms with Gasteiger partial charge < -0.3 is 14.1 Å². The van der Waals surface area contributed by atoms with Gasteiger partial charge in [0.1, 0.15) is 0 Å². The first kappa shape index (κ1) is 18.5. The molecule has 3 rings (SSSR count). The van der Waals surface area contributed by atoms with Gasteiger partial charge in [0, 0.05) is 0 Å². The quantitative estimate of drug-likeness (QED) is 0.260. The molecule has 0 unspecified atom stereocenters. The van der Waals surface area contributed by atoms with Gasteiger partial charge in [0.25, 0.3) is 0 Å². The second-order valence-electron chi connectivity index (χ2n) is 3.40. The molecule has 0 N–H and O–H groups in total. The largest absolute Gasteiger partial charge is 4.00 e. The summed E-state index contributed by atoms with van der Waals surface area (Å²) in [6.45, 7) is 0. The van der Waals surface area contributed by atoms with Crippen LogP contribution >= 0.6 is 0 Å². The molecule has 1 aliphatic rings. The van der Waals surface area contributed by atoms with Crippen LogP contribution in [-0.2, 0) is 32.3 Å². The smallest absolute Gasteiger partial charge is 1.00 e. The van der Waals surface area contributed by atoms with E-state index in [1.807, 2.05) is 6.07 Å². The fourth-order valence-electron chi connectivity index (χ4n) is 2.00. The van der Waals surface area contributed by atoms with Gasteiger partial charge in [0.05, 0.1) is 0 Å². The molecule has 0 aliphatic heterocycles. The van der Waals surface area contributed by atoms with Crippen LogP contribution in [0.3, 0.4) is 0 Å². The monoisotopic (exact) mass is 402 g/mol. The summed E-state index contributed by atoms with van der Waals surface area (Å²) >= 11 is 0. The Morgan fingerprint density at radius 3 is 2.24 bits per heavy atom. The molecule has 0 heterocycles. The van der Waals surface area contributed by atoms with E-state index in [4.69, 9.17) is 0 Å². The van der Waals surface area contributed by atoms with Gasteiger partial charge in [0.2, 0.25) is 0 Å². The van der Waals surface area contributed by atoms with E-state index >= 15 is 0 Å². The maximum atomic E-state index is 3.30. The summed E-state index contributed by atoms with van der Waals surface area (Å²) in [6.07, 6.45) is 1.05. The van der Waals surface area contributed by atoms with E-state index in [9.17, 15) is 0 Å². The van der Waals surface area contributed by atoms with Crippen molar-refractivity contribution < 1.29 is 40.0 Å². The van der Waals surface area contributed by atoms with Gasteiger partial charge in [-0.1, -0.05) is 35.4 Å². The Labute approximate surface area is 117 Å². The molecule has 0 radical (unpaired) electrons. The molecule has 0 saturated heterocycles. The van der Waals surface area contributed by atoms with Crippen molar-refractivity contribution in [3.8, 4) is 11.1 Å². The van der Waals surface area contributed by atoms with Crippen LogP contribution in [0.4, 0.5) is 0 Å². The fourth-order valence-corrected chi connectivity index (χ4v) is 2.00. The van der Waals surface area contributed by atoms with Crippen molar-refractivity contribution in [1.29, 1.82) is 0 Å². The maximum absolute atomic E-state index is 3.30. The fraction of sp³-hybridized carbons (Fsp3) is 0.0769. The van der Waals surface area contributed by atoms with Crippen molar-refractivity contribution in [3.63, 3.8) is 0 Å². The SMILES string of the molecule is [F-].[F-].[F-].[Hf+4].[c-]1cccc2c1Cc1ccccc1-2. The van der Waals surface area contributed by atoms with Gasteiger partial charge in [-0.15, -0.1) is 5.56 Å². The Hall–Kier alpha value is -0.900. The zero-order valence-electron chi connectivity index (χ0n) is 8.88. The molecule has 0 spiro atoms.